The van der Waals surface area contributed by atoms with Crippen molar-refractivity contribution in [1.82, 2.24) is 10.3 Å². The molecule has 88 valence electrons. The smallest absolute Gasteiger partial charge is 0.321 e. The number of hydrogen-bond donors (Lipinski definition) is 2. The summed E-state index contributed by atoms with van der Waals surface area (Å²) in [5.41, 5.74) is 0. The van der Waals surface area contributed by atoms with Crippen LogP contribution in [0, 0.1) is 0 Å². The van der Waals surface area contributed by atoms with Gasteiger partial charge < -0.3 is 10.4 Å². The quantitative estimate of drug-likeness (QED) is 0.765. The number of aliphatic carboxylic acids is 1. The normalized spacial score (nSPS) is 12.4. The Morgan fingerprint density at radius 2 is 2.44 bits per heavy atom. The molecule has 0 amide bonds. The average molecular weight is 261 g/mol. The minimum Gasteiger partial charge on any atom is -0.480 e. The van der Waals surface area contributed by atoms with Gasteiger partial charge in [-0.25, -0.2) is 4.98 Å². The number of nitrogens with one attached hydrogen (secondary N) is 1. The highest BCUT2D eigenvalue weighted by Gasteiger charge is 2.16. The van der Waals surface area contributed by atoms with E-state index in [1.807, 2.05) is 6.92 Å². The summed E-state index contributed by atoms with van der Waals surface area (Å²) in [6.45, 7) is 2.51. The van der Waals surface area contributed by atoms with E-state index >= 15 is 0 Å². The molecule has 0 aliphatic heterocycles. The van der Waals surface area contributed by atoms with Crippen molar-refractivity contribution < 1.29 is 9.90 Å². The molecule has 1 atom stereocenters. The summed E-state index contributed by atoms with van der Waals surface area (Å²) in [6, 6.07) is 2.96. The second-order valence-electron chi connectivity index (χ2n) is 3.07. The molecular formula is C10H13ClN2O2S. The first-order chi connectivity index (χ1) is 7.63. The number of aromatic nitrogens is 1. The van der Waals surface area contributed by atoms with Gasteiger partial charge in [-0.1, -0.05) is 18.5 Å². The highest BCUT2D eigenvalue weighted by molar-refractivity contribution is 7.99. The Morgan fingerprint density at radius 1 is 1.69 bits per heavy atom. The lowest BCUT2D eigenvalue weighted by atomic mass is 10.3. The Hall–Kier alpha value is -0.780. The molecule has 0 bridgehead atoms. The van der Waals surface area contributed by atoms with Gasteiger partial charge in [0.1, 0.15) is 6.04 Å². The fourth-order valence-corrected chi connectivity index (χ4v) is 2.08. The maximum absolute atomic E-state index is 10.8. The van der Waals surface area contributed by atoms with Gasteiger partial charge in [-0.15, -0.1) is 11.8 Å². The summed E-state index contributed by atoms with van der Waals surface area (Å²) < 4.78 is 0. The molecule has 4 nitrogen and oxygen atoms in total. The zero-order valence-electron chi connectivity index (χ0n) is 8.81. The van der Waals surface area contributed by atoms with Crippen LogP contribution < -0.4 is 5.32 Å². The Morgan fingerprint density at radius 3 is 2.94 bits per heavy atom. The SMILES string of the molecule is CCNC(CSc1ccc(Cl)cn1)C(=O)O. The van der Waals surface area contributed by atoms with Crippen molar-refractivity contribution >= 4 is 29.3 Å². The van der Waals surface area contributed by atoms with Gasteiger partial charge in [-0.3, -0.25) is 4.79 Å². The molecule has 0 radical (unpaired) electrons. The molecule has 0 spiro atoms. The number of carboxylic acid groups (broad SMARTS) is 1. The topological polar surface area (TPSA) is 62.2 Å². The Bertz CT molecular complexity index is 345. The molecule has 6 heteroatoms. The fraction of sp³-hybridized carbons (Fsp3) is 0.400. The molecule has 2 N–H and O–H groups in total. The summed E-state index contributed by atoms with van der Waals surface area (Å²) in [4.78, 5) is 14.9. The van der Waals surface area contributed by atoms with Crippen LogP contribution in [-0.4, -0.2) is 34.4 Å². The second-order valence-corrected chi connectivity index (χ2v) is 4.55. The number of halogens is 1. The maximum atomic E-state index is 10.8. The van der Waals surface area contributed by atoms with E-state index < -0.39 is 12.0 Å². The van der Waals surface area contributed by atoms with Crippen molar-refractivity contribution in [3.63, 3.8) is 0 Å². The lowest BCUT2D eigenvalue weighted by Gasteiger charge is -2.11. The zero-order valence-corrected chi connectivity index (χ0v) is 10.4. The van der Waals surface area contributed by atoms with Crippen molar-refractivity contribution in [2.24, 2.45) is 0 Å². The molecule has 1 aromatic heterocycles. The third-order valence-corrected chi connectivity index (χ3v) is 3.11. The third-order valence-electron chi connectivity index (χ3n) is 1.85. The molecule has 0 aromatic carbocycles. The maximum Gasteiger partial charge on any atom is 0.321 e. The van der Waals surface area contributed by atoms with Gasteiger partial charge in [0.2, 0.25) is 0 Å². The molecular weight excluding hydrogens is 248 g/mol. The van der Waals surface area contributed by atoms with Gasteiger partial charge in [-0.2, -0.15) is 0 Å². The van der Waals surface area contributed by atoms with Gasteiger partial charge in [0, 0.05) is 11.9 Å². The number of likely N-dealkylation sites (N-methyl/N-ethyl adjacent to an activating group) is 1. The molecule has 0 saturated heterocycles. The van der Waals surface area contributed by atoms with E-state index in [1.54, 1.807) is 18.3 Å². The number of carboxylic acids is 1. The van der Waals surface area contributed by atoms with Crippen LogP contribution in [0.25, 0.3) is 0 Å². The first-order valence-electron chi connectivity index (χ1n) is 4.84. The van der Waals surface area contributed by atoms with E-state index in [1.165, 1.54) is 11.8 Å². The predicted molar refractivity (Wildman–Crippen MR) is 65.1 cm³/mol. The van der Waals surface area contributed by atoms with Gasteiger partial charge >= 0.3 is 5.97 Å². The monoisotopic (exact) mass is 260 g/mol. The van der Waals surface area contributed by atoms with Crippen molar-refractivity contribution in [3.05, 3.63) is 23.4 Å². The summed E-state index contributed by atoms with van der Waals surface area (Å²) in [5, 5.41) is 13.1. The molecule has 16 heavy (non-hydrogen) atoms. The van der Waals surface area contributed by atoms with Gasteiger partial charge in [0.25, 0.3) is 0 Å². The van der Waals surface area contributed by atoms with Crippen molar-refractivity contribution in [3.8, 4) is 0 Å². The number of carbonyl (C=O) groups is 1. The van der Waals surface area contributed by atoms with Crippen LogP contribution in [0.4, 0.5) is 0 Å². The number of nitrogens with zero attached hydrogens (tertiary/aromatic N) is 1. The molecule has 0 aliphatic carbocycles. The van der Waals surface area contributed by atoms with Gasteiger partial charge in [0.05, 0.1) is 10.0 Å². The largest absolute Gasteiger partial charge is 0.480 e. The van der Waals surface area contributed by atoms with Crippen LogP contribution >= 0.6 is 23.4 Å². The molecule has 1 aromatic rings. The van der Waals surface area contributed by atoms with E-state index in [-0.39, 0.29) is 0 Å². The molecule has 1 unspecified atom stereocenters. The lowest BCUT2D eigenvalue weighted by Crippen LogP contribution is -2.38. The molecule has 1 rings (SSSR count). The van der Waals surface area contributed by atoms with Crippen molar-refractivity contribution in [2.45, 2.75) is 18.0 Å². The number of pyridine rings is 1. The van der Waals surface area contributed by atoms with Crippen LogP contribution in [0.2, 0.25) is 5.02 Å². The first kappa shape index (κ1) is 13.3. The van der Waals surface area contributed by atoms with Crippen molar-refractivity contribution in [2.75, 3.05) is 12.3 Å². The average Bonchev–Trinajstić information content (AvgIpc) is 2.26. The van der Waals surface area contributed by atoms with Crippen LogP contribution in [0.15, 0.2) is 23.4 Å². The standard InChI is InChI=1S/C10H13ClN2O2S/c1-2-12-8(10(14)15)6-16-9-4-3-7(11)5-13-9/h3-5,8,12H,2,6H2,1H3,(H,14,15). The summed E-state index contributed by atoms with van der Waals surface area (Å²) in [6.07, 6.45) is 1.55. The number of hydrogen-bond acceptors (Lipinski definition) is 4. The molecule has 1 heterocycles. The van der Waals surface area contributed by atoms with E-state index in [4.69, 9.17) is 16.7 Å². The van der Waals surface area contributed by atoms with Crippen LogP contribution in [0.3, 0.4) is 0 Å². The first-order valence-corrected chi connectivity index (χ1v) is 6.20. The number of rotatable bonds is 6. The van der Waals surface area contributed by atoms with Gasteiger partial charge in [-0.05, 0) is 18.7 Å². The summed E-state index contributed by atoms with van der Waals surface area (Å²) in [7, 11) is 0. The van der Waals surface area contributed by atoms with E-state index in [2.05, 4.69) is 10.3 Å². The Labute approximate surface area is 103 Å². The van der Waals surface area contributed by atoms with E-state index in [9.17, 15) is 4.79 Å². The molecule has 0 saturated carbocycles. The third kappa shape index (κ3) is 4.38. The lowest BCUT2D eigenvalue weighted by molar-refractivity contribution is -0.138. The zero-order chi connectivity index (χ0) is 12.0. The molecule has 0 fully saturated rings. The predicted octanol–water partition coefficient (Wildman–Crippen LogP) is 1.89. The number of thioether (sulfide) groups is 1. The highest BCUT2D eigenvalue weighted by atomic mass is 35.5. The van der Waals surface area contributed by atoms with Crippen LogP contribution in [-0.2, 0) is 4.79 Å². The second kappa shape index (κ2) is 6.73. The van der Waals surface area contributed by atoms with Gasteiger partial charge in [0.15, 0.2) is 0 Å². The van der Waals surface area contributed by atoms with E-state index in [0.717, 1.165) is 5.03 Å². The summed E-state index contributed by atoms with van der Waals surface area (Å²) >= 11 is 7.09. The highest BCUT2D eigenvalue weighted by Crippen LogP contribution is 2.17. The fourth-order valence-electron chi connectivity index (χ4n) is 1.08. The molecule has 0 aliphatic rings. The minimum absolute atomic E-state index is 0.442. The Kier molecular flexibility index (Phi) is 5.59. The van der Waals surface area contributed by atoms with E-state index in [0.29, 0.717) is 17.3 Å². The van der Waals surface area contributed by atoms with Crippen LogP contribution in [0.1, 0.15) is 6.92 Å². The van der Waals surface area contributed by atoms with Crippen molar-refractivity contribution in [1.29, 1.82) is 0 Å². The minimum atomic E-state index is -0.844. The Balaban J connectivity index is 2.48. The van der Waals surface area contributed by atoms with Crippen LogP contribution in [0.5, 0.6) is 0 Å². The summed E-state index contributed by atoms with van der Waals surface area (Å²) in [5.74, 6) is -0.402.